The quantitative estimate of drug-likeness (QED) is 0.755. The van der Waals surface area contributed by atoms with Gasteiger partial charge in [-0.1, -0.05) is 6.07 Å². The van der Waals surface area contributed by atoms with Crippen molar-refractivity contribution in [1.82, 2.24) is 14.8 Å². The van der Waals surface area contributed by atoms with Crippen molar-refractivity contribution in [2.45, 2.75) is 20.3 Å². The Hall–Kier alpha value is -1.91. The van der Waals surface area contributed by atoms with Crippen LogP contribution in [0.2, 0.25) is 0 Å². The van der Waals surface area contributed by atoms with E-state index in [1.54, 1.807) is 0 Å². The van der Waals surface area contributed by atoms with Crippen LogP contribution in [-0.4, -0.2) is 61.2 Å². The van der Waals surface area contributed by atoms with Gasteiger partial charge >= 0.3 is 0 Å². The van der Waals surface area contributed by atoms with Crippen LogP contribution in [0, 0.1) is 13.8 Å². The fourth-order valence-corrected chi connectivity index (χ4v) is 3.47. The van der Waals surface area contributed by atoms with Crippen molar-refractivity contribution in [1.29, 1.82) is 0 Å². The average molecular weight is 339 g/mol. The first-order valence-electron chi connectivity index (χ1n) is 9.20. The van der Waals surface area contributed by atoms with Crippen LogP contribution in [0.5, 0.6) is 5.75 Å². The van der Waals surface area contributed by atoms with E-state index in [0.717, 1.165) is 31.0 Å². The van der Waals surface area contributed by atoms with E-state index in [-0.39, 0.29) is 0 Å². The average Bonchev–Trinajstić information content (AvgIpc) is 2.61. The molecule has 0 saturated carbocycles. The number of ether oxygens (including phenoxy) is 1. The van der Waals surface area contributed by atoms with Gasteiger partial charge in [-0.2, -0.15) is 0 Å². The van der Waals surface area contributed by atoms with Crippen molar-refractivity contribution in [2.24, 2.45) is 0 Å². The Labute approximate surface area is 151 Å². The van der Waals surface area contributed by atoms with E-state index in [2.05, 4.69) is 53.9 Å². The van der Waals surface area contributed by atoms with Gasteiger partial charge < -0.3 is 14.5 Å². The predicted molar refractivity (Wildman–Crippen MR) is 103 cm³/mol. The van der Waals surface area contributed by atoms with E-state index in [1.807, 2.05) is 18.3 Å². The van der Waals surface area contributed by atoms with Gasteiger partial charge in [-0.15, -0.1) is 0 Å². The maximum atomic E-state index is 6.01. The lowest BCUT2D eigenvalue weighted by molar-refractivity contribution is 0.145. The molecule has 4 nitrogen and oxygen atoms in total. The van der Waals surface area contributed by atoms with Crippen molar-refractivity contribution in [3.8, 4) is 17.0 Å². The second-order valence-electron chi connectivity index (χ2n) is 6.99. The molecule has 1 aliphatic heterocycles. The highest BCUT2D eigenvalue weighted by molar-refractivity contribution is 5.68. The van der Waals surface area contributed by atoms with Gasteiger partial charge in [0, 0.05) is 44.5 Å². The van der Waals surface area contributed by atoms with E-state index < -0.39 is 0 Å². The molecule has 4 heteroatoms. The number of hydrogen-bond acceptors (Lipinski definition) is 4. The maximum Gasteiger partial charge on any atom is 0.119 e. The summed E-state index contributed by atoms with van der Waals surface area (Å²) in [5.41, 5.74) is 4.67. The summed E-state index contributed by atoms with van der Waals surface area (Å²) in [7, 11) is 2.19. The number of hydrogen-bond donors (Lipinski definition) is 0. The third kappa shape index (κ3) is 4.80. The Balaban J connectivity index is 1.53. The highest BCUT2D eigenvalue weighted by atomic mass is 16.5. The molecule has 1 aromatic heterocycles. The Kier molecular flexibility index (Phi) is 6.05. The lowest BCUT2D eigenvalue weighted by atomic mass is 9.99. The summed E-state index contributed by atoms with van der Waals surface area (Å²) in [6.07, 6.45) is 2.92. The minimum Gasteiger partial charge on any atom is -0.494 e. The van der Waals surface area contributed by atoms with E-state index >= 15 is 0 Å². The van der Waals surface area contributed by atoms with Crippen LogP contribution in [0.1, 0.15) is 17.5 Å². The molecule has 0 aliphatic carbocycles. The van der Waals surface area contributed by atoms with Gasteiger partial charge in [0.25, 0.3) is 0 Å². The molecule has 0 radical (unpaired) electrons. The fourth-order valence-electron chi connectivity index (χ4n) is 3.47. The van der Waals surface area contributed by atoms with E-state index in [0.29, 0.717) is 0 Å². The van der Waals surface area contributed by atoms with E-state index in [9.17, 15) is 0 Å². The molecule has 1 aliphatic rings. The van der Waals surface area contributed by atoms with Crippen molar-refractivity contribution >= 4 is 0 Å². The predicted octanol–water partition coefficient (Wildman–Crippen LogP) is 3.38. The largest absolute Gasteiger partial charge is 0.494 e. The van der Waals surface area contributed by atoms with Crippen molar-refractivity contribution < 1.29 is 4.74 Å². The lowest BCUT2D eigenvalue weighted by Crippen LogP contribution is -2.44. The SMILES string of the molecule is Cc1cc(OCCCN2CCN(C)CC2)cc(C)c1-c1ccccn1. The number of piperazine rings is 1. The molecule has 0 atom stereocenters. The topological polar surface area (TPSA) is 28.6 Å². The van der Waals surface area contributed by atoms with Crippen LogP contribution < -0.4 is 4.74 Å². The van der Waals surface area contributed by atoms with Crippen LogP contribution in [0.25, 0.3) is 11.3 Å². The van der Waals surface area contributed by atoms with Crippen LogP contribution in [-0.2, 0) is 0 Å². The summed E-state index contributed by atoms with van der Waals surface area (Å²) < 4.78 is 6.01. The molecule has 2 aromatic rings. The number of nitrogens with zero attached hydrogens (tertiary/aromatic N) is 3. The third-order valence-corrected chi connectivity index (χ3v) is 4.91. The second-order valence-corrected chi connectivity index (χ2v) is 6.99. The Morgan fingerprint density at radius 2 is 1.76 bits per heavy atom. The number of aromatic nitrogens is 1. The zero-order chi connectivity index (χ0) is 17.6. The first-order chi connectivity index (χ1) is 12.1. The summed E-state index contributed by atoms with van der Waals surface area (Å²) in [6, 6.07) is 10.3. The summed E-state index contributed by atoms with van der Waals surface area (Å²) >= 11 is 0. The summed E-state index contributed by atoms with van der Waals surface area (Å²) in [5, 5.41) is 0. The standard InChI is InChI=1S/C21H29N3O/c1-17-15-19(16-18(2)21(17)20-7-4-5-8-22-20)25-14-6-9-24-12-10-23(3)11-13-24/h4-5,7-8,15-16H,6,9-14H2,1-3H3. The van der Waals surface area contributed by atoms with E-state index in [4.69, 9.17) is 4.74 Å². The molecule has 2 heterocycles. The van der Waals surface area contributed by atoms with Crippen LogP contribution in [0.15, 0.2) is 36.5 Å². The number of likely N-dealkylation sites (N-methyl/N-ethyl adjacent to an activating group) is 1. The molecule has 25 heavy (non-hydrogen) atoms. The molecule has 0 unspecified atom stereocenters. The van der Waals surface area contributed by atoms with Gasteiger partial charge in [-0.05, 0) is 62.7 Å². The second kappa shape index (κ2) is 8.45. The monoisotopic (exact) mass is 339 g/mol. The van der Waals surface area contributed by atoms with E-state index in [1.165, 1.54) is 42.9 Å². The molecule has 0 N–H and O–H groups in total. The number of rotatable bonds is 6. The van der Waals surface area contributed by atoms with Crippen LogP contribution in [0.4, 0.5) is 0 Å². The highest BCUT2D eigenvalue weighted by Crippen LogP contribution is 2.29. The Morgan fingerprint density at radius 1 is 1.04 bits per heavy atom. The zero-order valence-electron chi connectivity index (χ0n) is 15.7. The van der Waals surface area contributed by atoms with Gasteiger partial charge in [-0.25, -0.2) is 0 Å². The number of pyridine rings is 1. The Morgan fingerprint density at radius 3 is 2.40 bits per heavy atom. The summed E-state index contributed by atoms with van der Waals surface area (Å²) in [6.45, 7) is 10.9. The molecular formula is C21H29N3O. The first-order valence-corrected chi connectivity index (χ1v) is 9.20. The number of benzene rings is 1. The molecule has 1 fully saturated rings. The lowest BCUT2D eigenvalue weighted by Gasteiger charge is -2.32. The van der Waals surface area contributed by atoms with Crippen molar-refractivity contribution in [2.75, 3.05) is 46.4 Å². The van der Waals surface area contributed by atoms with Gasteiger partial charge in [0.15, 0.2) is 0 Å². The Bertz CT molecular complexity index is 656. The molecule has 3 rings (SSSR count). The van der Waals surface area contributed by atoms with Gasteiger partial charge in [0.1, 0.15) is 5.75 Å². The molecule has 0 bridgehead atoms. The van der Waals surface area contributed by atoms with Gasteiger partial charge in [-0.3, -0.25) is 4.98 Å². The summed E-state index contributed by atoms with van der Waals surface area (Å²) in [5.74, 6) is 0.966. The van der Waals surface area contributed by atoms with Gasteiger partial charge in [0.2, 0.25) is 0 Å². The molecule has 1 saturated heterocycles. The molecule has 0 amide bonds. The molecule has 0 spiro atoms. The molecule has 1 aromatic carbocycles. The maximum absolute atomic E-state index is 6.01. The van der Waals surface area contributed by atoms with Crippen molar-refractivity contribution in [3.05, 3.63) is 47.7 Å². The third-order valence-electron chi connectivity index (χ3n) is 4.91. The molecule has 134 valence electrons. The van der Waals surface area contributed by atoms with Crippen LogP contribution in [0.3, 0.4) is 0 Å². The fraction of sp³-hybridized carbons (Fsp3) is 0.476. The highest BCUT2D eigenvalue weighted by Gasteiger charge is 2.13. The normalized spacial score (nSPS) is 16.1. The minimum atomic E-state index is 0.772. The number of aryl methyl sites for hydroxylation is 2. The van der Waals surface area contributed by atoms with Crippen molar-refractivity contribution in [3.63, 3.8) is 0 Å². The first kappa shape index (κ1) is 17.9. The van der Waals surface area contributed by atoms with Gasteiger partial charge in [0.05, 0.1) is 12.3 Å². The van der Waals surface area contributed by atoms with Crippen LogP contribution >= 0.6 is 0 Å². The minimum absolute atomic E-state index is 0.772. The smallest absolute Gasteiger partial charge is 0.119 e. The zero-order valence-corrected chi connectivity index (χ0v) is 15.7. The summed E-state index contributed by atoms with van der Waals surface area (Å²) in [4.78, 5) is 9.41. The molecular weight excluding hydrogens is 310 g/mol.